The van der Waals surface area contributed by atoms with Gasteiger partial charge in [-0.3, -0.25) is 10.2 Å². The largest absolute Gasteiger partial charge is 0.542 e. The van der Waals surface area contributed by atoms with Crippen molar-refractivity contribution in [1.29, 1.82) is 0 Å². The number of rotatable bonds is 0. The van der Waals surface area contributed by atoms with Crippen LogP contribution in [0.5, 0.6) is 0 Å². The molecule has 0 bridgehead atoms. The molecule has 0 radical (unpaired) electrons. The quantitative estimate of drug-likeness (QED) is 0.550. The van der Waals surface area contributed by atoms with Crippen LogP contribution in [0.4, 0.5) is 13.2 Å². The van der Waals surface area contributed by atoms with E-state index in [1.807, 2.05) is 7.05 Å². The lowest BCUT2D eigenvalue weighted by atomic mass is 9.92. The molecule has 2 atom stereocenters. The average Bonchev–Trinajstić information content (AvgIpc) is 2.45. The number of nitrogens with one attached hydrogen (secondary N) is 2. The number of carbonyl (C=O) groups is 2. The lowest BCUT2D eigenvalue weighted by Crippen LogP contribution is -3.15. The second kappa shape index (κ2) is 5.66. The molecule has 18 heavy (non-hydrogen) atoms. The highest BCUT2D eigenvalue weighted by Crippen LogP contribution is 2.15. The number of hydrogen-bond donors (Lipinski definition) is 2. The molecular weight excluding hydrogens is 253 g/mol. The minimum absolute atomic E-state index is 0.163. The Morgan fingerprint density at radius 2 is 1.78 bits per heavy atom. The summed E-state index contributed by atoms with van der Waals surface area (Å²) in [6, 6.07) is 0. The van der Waals surface area contributed by atoms with Gasteiger partial charge in [-0.05, 0) is 0 Å². The summed E-state index contributed by atoms with van der Waals surface area (Å²) in [6.07, 6.45) is -4.92. The fraction of sp³-hybridized carbons (Fsp3) is 0.800. The molecule has 1 saturated heterocycles. The maximum atomic E-state index is 11.1. The van der Waals surface area contributed by atoms with E-state index >= 15 is 0 Å². The van der Waals surface area contributed by atoms with E-state index in [0.717, 1.165) is 4.90 Å². The van der Waals surface area contributed by atoms with Gasteiger partial charge in [-0.1, -0.05) is 20.8 Å². The summed E-state index contributed by atoms with van der Waals surface area (Å²) in [4.78, 5) is 20.9. The van der Waals surface area contributed by atoms with Crippen molar-refractivity contribution in [1.82, 2.24) is 5.32 Å². The Bertz CT molecular complexity index is 323. The summed E-state index contributed by atoms with van der Waals surface area (Å²) in [5, 5.41) is 12.0. The van der Waals surface area contributed by atoms with Gasteiger partial charge in [0.15, 0.2) is 6.17 Å². The fourth-order valence-corrected chi connectivity index (χ4v) is 1.60. The van der Waals surface area contributed by atoms with Crippen molar-refractivity contribution in [3.63, 3.8) is 0 Å². The van der Waals surface area contributed by atoms with Gasteiger partial charge in [-0.2, -0.15) is 13.2 Å². The number of carboxylic acids is 1. The highest BCUT2D eigenvalue weighted by atomic mass is 19.4. The molecule has 1 rings (SSSR count). The molecule has 0 spiro atoms. The van der Waals surface area contributed by atoms with E-state index in [-0.39, 0.29) is 17.5 Å². The summed E-state index contributed by atoms with van der Waals surface area (Å²) >= 11 is 0. The van der Waals surface area contributed by atoms with Gasteiger partial charge in [-0.15, -0.1) is 0 Å². The first-order valence-corrected chi connectivity index (χ1v) is 5.25. The van der Waals surface area contributed by atoms with Gasteiger partial charge in [-0.25, -0.2) is 4.79 Å². The molecule has 5 nitrogen and oxygen atoms in total. The van der Waals surface area contributed by atoms with Crippen LogP contribution in [-0.2, 0) is 9.59 Å². The van der Waals surface area contributed by atoms with Crippen LogP contribution >= 0.6 is 0 Å². The first-order valence-electron chi connectivity index (χ1n) is 5.25. The van der Waals surface area contributed by atoms with Gasteiger partial charge in [0.1, 0.15) is 12.5 Å². The second-order valence-electron chi connectivity index (χ2n) is 5.07. The Kier molecular flexibility index (Phi) is 5.30. The lowest BCUT2D eigenvalue weighted by molar-refractivity contribution is -0.828. The molecule has 2 N–H and O–H groups in total. The molecule has 0 aliphatic carbocycles. The minimum atomic E-state index is -5.19. The molecule has 1 heterocycles. The SMILES string of the molecule is C[NH+]1C(=O)CNC1C(C)(C)C.O=C([O-])C(F)(F)F. The van der Waals surface area contributed by atoms with Crippen LogP contribution in [-0.4, -0.2) is 37.8 Å². The van der Waals surface area contributed by atoms with Crippen LogP contribution < -0.4 is 15.3 Å². The van der Waals surface area contributed by atoms with Crippen LogP contribution in [0.25, 0.3) is 0 Å². The maximum absolute atomic E-state index is 11.1. The number of halogens is 3. The van der Waals surface area contributed by atoms with Crippen LogP contribution in [0.15, 0.2) is 0 Å². The van der Waals surface area contributed by atoms with Crippen molar-refractivity contribution in [2.24, 2.45) is 5.41 Å². The van der Waals surface area contributed by atoms with Crippen LogP contribution in [0.3, 0.4) is 0 Å². The number of likely N-dealkylation sites (N-methyl/N-ethyl adjacent to an activating group) is 1. The first kappa shape index (κ1) is 16.9. The fourth-order valence-electron chi connectivity index (χ4n) is 1.60. The molecule has 8 heteroatoms. The van der Waals surface area contributed by atoms with Crippen LogP contribution in [0.2, 0.25) is 0 Å². The summed E-state index contributed by atoms with van der Waals surface area (Å²) in [5.74, 6) is -2.74. The Balaban J connectivity index is 0.000000360. The Morgan fingerprint density at radius 3 is 1.89 bits per heavy atom. The van der Waals surface area contributed by atoms with Crippen molar-refractivity contribution in [2.45, 2.75) is 33.1 Å². The first-order chi connectivity index (χ1) is 7.87. The smallest absolute Gasteiger partial charge is 0.430 e. The van der Waals surface area contributed by atoms with Crippen LogP contribution in [0.1, 0.15) is 20.8 Å². The minimum Gasteiger partial charge on any atom is -0.542 e. The topological polar surface area (TPSA) is 73.7 Å². The van der Waals surface area contributed by atoms with E-state index in [1.54, 1.807) is 0 Å². The summed E-state index contributed by atoms with van der Waals surface area (Å²) in [7, 11) is 1.93. The zero-order chi connectivity index (χ0) is 14.7. The van der Waals surface area contributed by atoms with Gasteiger partial charge in [0.2, 0.25) is 0 Å². The number of hydrogen-bond acceptors (Lipinski definition) is 4. The van der Waals surface area contributed by atoms with Crippen molar-refractivity contribution in [2.75, 3.05) is 13.6 Å². The van der Waals surface area contributed by atoms with Crippen LogP contribution in [0, 0.1) is 5.41 Å². The molecule has 0 aromatic rings. The average molecular weight is 270 g/mol. The number of carbonyl (C=O) groups excluding carboxylic acids is 2. The number of quaternary nitrogens is 1. The van der Waals surface area contributed by atoms with E-state index in [1.165, 1.54) is 0 Å². The molecule has 1 fully saturated rings. The number of aliphatic carboxylic acids is 1. The molecule has 0 saturated carbocycles. The van der Waals surface area contributed by atoms with Crippen molar-refractivity contribution >= 4 is 11.9 Å². The predicted molar refractivity (Wildman–Crippen MR) is 54.2 cm³/mol. The van der Waals surface area contributed by atoms with Gasteiger partial charge >= 0.3 is 12.1 Å². The maximum Gasteiger partial charge on any atom is 0.430 e. The summed E-state index contributed by atoms with van der Waals surface area (Å²) < 4.78 is 31.5. The third kappa shape index (κ3) is 5.01. The second-order valence-corrected chi connectivity index (χ2v) is 5.07. The van der Waals surface area contributed by atoms with Gasteiger partial charge in [0.05, 0.1) is 7.05 Å². The highest BCUT2D eigenvalue weighted by molar-refractivity contribution is 5.71. The van der Waals surface area contributed by atoms with Crippen molar-refractivity contribution in [3.05, 3.63) is 0 Å². The Hall–Kier alpha value is -1.15. The van der Waals surface area contributed by atoms with Gasteiger partial charge in [0, 0.05) is 5.41 Å². The molecule has 0 aromatic carbocycles. The zero-order valence-corrected chi connectivity index (χ0v) is 10.6. The molecular formula is C10H17F3N2O3. The zero-order valence-electron chi connectivity index (χ0n) is 10.6. The Morgan fingerprint density at radius 1 is 1.39 bits per heavy atom. The van der Waals surface area contributed by atoms with Gasteiger partial charge < -0.3 is 9.90 Å². The normalized spacial score (nSPS) is 24.5. The van der Waals surface area contributed by atoms with E-state index in [4.69, 9.17) is 9.90 Å². The number of alkyl halides is 3. The number of amides is 1. The molecule has 106 valence electrons. The van der Waals surface area contributed by atoms with E-state index in [2.05, 4.69) is 26.1 Å². The lowest BCUT2D eigenvalue weighted by Gasteiger charge is -2.27. The van der Waals surface area contributed by atoms with Gasteiger partial charge in [0.25, 0.3) is 0 Å². The van der Waals surface area contributed by atoms with Crippen molar-refractivity contribution < 1.29 is 32.8 Å². The van der Waals surface area contributed by atoms with E-state index in [0.29, 0.717) is 6.54 Å². The standard InChI is InChI=1S/C8H16N2O.C2HF3O2/c1-8(2,3)7-9-5-6(11)10(7)4;3-2(4,5)1(6)7/h7,9H,5H2,1-4H3;(H,6,7). The molecule has 2 unspecified atom stereocenters. The number of carboxylic acid groups (broad SMARTS) is 1. The monoisotopic (exact) mass is 270 g/mol. The third-order valence-corrected chi connectivity index (χ3v) is 2.44. The predicted octanol–water partition coefficient (Wildman–Crippen LogP) is -1.70. The van der Waals surface area contributed by atoms with E-state index in [9.17, 15) is 18.0 Å². The molecule has 0 aromatic heterocycles. The van der Waals surface area contributed by atoms with E-state index < -0.39 is 12.1 Å². The Labute approximate surface area is 103 Å². The third-order valence-electron chi connectivity index (χ3n) is 2.44. The molecule has 1 aliphatic rings. The summed E-state index contributed by atoms with van der Waals surface area (Å²) in [6.45, 7) is 6.96. The summed E-state index contributed by atoms with van der Waals surface area (Å²) in [5.41, 5.74) is 0.163. The molecule has 1 amide bonds. The van der Waals surface area contributed by atoms with Crippen molar-refractivity contribution in [3.8, 4) is 0 Å². The highest BCUT2D eigenvalue weighted by Gasteiger charge is 2.40. The molecule has 1 aliphatic heterocycles.